The fourth-order valence-electron chi connectivity index (χ4n) is 3.81. The average molecular weight is 749 g/mol. The van der Waals surface area contributed by atoms with Crippen LogP contribution >= 0.6 is 34.3 Å². The minimum absolute atomic E-state index is 0. The van der Waals surface area contributed by atoms with Crippen LogP contribution < -0.4 is 48.3 Å². The Balaban J connectivity index is 0.000000391. The highest BCUT2D eigenvalue weighted by atomic mass is 79.9. The molecule has 0 aliphatic rings. The van der Waals surface area contributed by atoms with Crippen LogP contribution in [0.1, 0.15) is 46.9 Å². The number of ether oxygens (including phenoxy) is 1. The number of aryl methyl sites for hydroxylation is 1. The summed E-state index contributed by atoms with van der Waals surface area (Å²) in [5, 5.41) is 19.5. The Kier molecular flexibility index (Phi) is 16.7. The number of hydrogen-bond acceptors (Lipinski definition) is 7. The van der Waals surface area contributed by atoms with Crippen molar-refractivity contribution in [2.24, 2.45) is 0 Å². The van der Waals surface area contributed by atoms with E-state index in [4.69, 9.17) is 26.6 Å². The Morgan fingerprint density at radius 2 is 1.46 bits per heavy atom. The van der Waals surface area contributed by atoms with Gasteiger partial charge >= 0.3 is 0 Å². The SMILES string of the molecule is COc1ccc(C(=O)C[n+]2csc(CCO)c2C)cc1.Cc1[nH+]c(CC(=O)c2ccc(Cl)cc2)sc1CCO.[Br-].[Br-]. The first-order chi connectivity index (χ1) is 18.7. The lowest BCUT2D eigenvalue weighted by atomic mass is 10.1. The number of Topliss-reactive ketones (excluding diaryl/α,β-unsaturated/α-hetero) is 2. The number of benzene rings is 2. The molecule has 7 nitrogen and oxygen atoms in total. The average Bonchev–Trinajstić information content (AvgIpc) is 3.46. The fraction of sp³-hybridized carbons (Fsp3) is 0.310. The van der Waals surface area contributed by atoms with Crippen molar-refractivity contribution in [3.63, 3.8) is 0 Å². The van der Waals surface area contributed by atoms with Crippen molar-refractivity contribution in [2.45, 2.75) is 39.7 Å². The van der Waals surface area contributed by atoms with Crippen molar-refractivity contribution >= 4 is 45.8 Å². The van der Waals surface area contributed by atoms with Gasteiger partial charge in [-0.05, 0) is 48.5 Å². The standard InChI is InChI=1S/C15H18NO3S.C14H14ClNO2S.2BrH/c1-11-15(7-8-17)20-10-16(11)9-14(18)12-3-5-13(19-2)6-4-12;1-9-13(6-7-17)19-14(16-9)8-12(18)10-2-4-11(15)5-3-10;;/h3-6,10,17H,7-9H2,1-2H3;2-5,17H,6-8H2,1H3;2*1H/q+1;;;/p-1. The lowest BCUT2D eigenvalue weighted by Crippen LogP contribution is -3.00. The Morgan fingerprint density at radius 3 is 2.05 bits per heavy atom. The number of H-pyrrole nitrogens is 1. The van der Waals surface area contributed by atoms with Gasteiger partial charge in [0.1, 0.15) is 12.2 Å². The van der Waals surface area contributed by atoms with Crippen LogP contribution in [0, 0.1) is 13.8 Å². The summed E-state index contributed by atoms with van der Waals surface area (Å²) in [6, 6.07) is 14.0. The van der Waals surface area contributed by atoms with Crippen molar-refractivity contribution < 1.29 is 68.1 Å². The normalized spacial score (nSPS) is 10.1. The first-order valence-electron chi connectivity index (χ1n) is 12.4. The minimum atomic E-state index is 0. The van der Waals surface area contributed by atoms with E-state index in [1.165, 1.54) is 0 Å². The van der Waals surface area contributed by atoms with Gasteiger partial charge in [-0.1, -0.05) is 34.3 Å². The van der Waals surface area contributed by atoms with Gasteiger partial charge in [-0.3, -0.25) is 9.59 Å². The number of thiazole rings is 2. The highest BCUT2D eigenvalue weighted by molar-refractivity contribution is 7.11. The number of halogens is 3. The molecule has 2 aromatic heterocycles. The molecule has 4 rings (SSSR count). The molecule has 2 heterocycles. The van der Waals surface area contributed by atoms with Crippen LogP contribution in [0.2, 0.25) is 5.02 Å². The van der Waals surface area contributed by atoms with E-state index in [0.29, 0.717) is 42.0 Å². The van der Waals surface area contributed by atoms with Crippen molar-refractivity contribution in [3.8, 4) is 5.75 Å². The van der Waals surface area contributed by atoms with Gasteiger partial charge < -0.3 is 48.9 Å². The number of hydrogen-bond donors (Lipinski definition) is 2. The maximum absolute atomic E-state index is 12.2. The molecule has 12 heteroatoms. The van der Waals surface area contributed by atoms with E-state index in [-0.39, 0.29) is 58.7 Å². The van der Waals surface area contributed by atoms with Crippen molar-refractivity contribution in [2.75, 3.05) is 20.3 Å². The van der Waals surface area contributed by atoms with Gasteiger partial charge in [0.05, 0.1) is 16.9 Å². The summed E-state index contributed by atoms with van der Waals surface area (Å²) in [5.74, 6) is 0.866. The molecule has 41 heavy (non-hydrogen) atoms. The third-order valence-corrected chi connectivity index (χ3v) is 8.68. The van der Waals surface area contributed by atoms with Crippen molar-refractivity contribution in [1.82, 2.24) is 0 Å². The second-order valence-electron chi connectivity index (χ2n) is 8.76. The number of carbonyl (C=O) groups excluding carboxylic acids is 2. The number of aromatic nitrogens is 2. The van der Waals surface area contributed by atoms with E-state index in [0.717, 1.165) is 31.9 Å². The summed E-state index contributed by atoms with van der Waals surface area (Å²) in [7, 11) is 1.60. The fourth-order valence-corrected chi connectivity index (χ4v) is 6.02. The molecule has 0 aliphatic heterocycles. The van der Waals surface area contributed by atoms with Gasteiger partial charge in [-0.25, -0.2) is 4.98 Å². The molecule has 0 saturated heterocycles. The van der Waals surface area contributed by atoms with Crippen molar-refractivity contribution in [3.05, 3.63) is 96.3 Å². The van der Waals surface area contributed by atoms with Crippen LogP contribution in [-0.2, 0) is 25.8 Å². The Labute approximate surface area is 274 Å². The number of nitrogens with zero attached hydrogens (tertiary/aromatic N) is 1. The molecule has 0 aliphatic carbocycles. The molecule has 2 aromatic carbocycles. The van der Waals surface area contributed by atoms with Crippen LogP contribution in [0.3, 0.4) is 0 Å². The van der Waals surface area contributed by atoms with Crippen LogP contribution in [0.5, 0.6) is 5.75 Å². The summed E-state index contributed by atoms with van der Waals surface area (Å²) in [6.07, 6.45) is 1.61. The maximum atomic E-state index is 12.2. The van der Waals surface area contributed by atoms with Crippen LogP contribution in [0.15, 0.2) is 54.0 Å². The molecule has 0 radical (unpaired) electrons. The van der Waals surface area contributed by atoms with E-state index < -0.39 is 0 Å². The molecule has 0 amide bonds. The summed E-state index contributed by atoms with van der Waals surface area (Å²) >= 11 is 8.92. The second-order valence-corrected chi connectivity index (χ2v) is 11.3. The zero-order valence-electron chi connectivity index (χ0n) is 23.0. The number of rotatable bonds is 11. The van der Waals surface area contributed by atoms with Crippen LogP contribution in [0.25, 0.3) is 0 Å². The predicted octanol–water partition coefficient (Wildman–Crippen LogP) is -1.74. The van der Waals surface area contributed by atoms with E-state index in [9.17, 15) is 9.59 Å². The number of aliphatic hydroxyl groups excluding tert-OH is 2. The summed E-state index contributed by atoms with van der Waals surface area (Å²) in [6.45, 7) is 4.51. The highest BCUT2D eigenvalue weighted by Gasteiger charge is 2.20. The smallest absolute Gasteiger partial charge is 0.243 e. The predicted molar refractivity (Wildman–Crippen MR) is 153 cm³/mol. The van der Waals surface area contributed by atoms with Gasteiger partial charge in [-0.15, -0.1) is 0 Å². The summed E-state index contributed by atoms with van der Waals surface area (Å²) in [4.78, 5) is 29.7. The molecule has 0 bridgehead atoms. The molecule has 0 unspecified atom stereocenters. The number of methoxy groups -OCH3 is 1. The topological polar surface area (TPSA) is 102 Å². The molecular formula is C29H33Br2ClN2O5S2. The molecule has 0 atom stereocenters. The number of ketones is 2. The van der Waals surface area contributed by atoms with E-state index in [2.05, 4.69) is 4.98 Å². The van der Waals surface area contributed by atoms with E-state index in [1.807, 2.05) is 23.9 Å². The monoisotopic (exact) mass is 746 g/mol. The van der Waals surface area contributed by atoms with Gasteiger partial charge in [0.15, 0.2) is 17.2 Å². The van der Waals surface area contributed by atoms with Gasteiger partial charge in [0.2, 0.25) is 22.8 Å². The lowest BCUT2D eigenvalue weighted by molar-refractivity contribution is -0.684. The largest absolute Gasteiger partial charge is 1.00 e. The Bertz CT molecular complexity index is 1390. The van der Waals surface area contributed by atoms with E-state index >= 15 is 0 Å². The van der Waals surface area contributed by atoms with E-state index in [1.54, 1.807) is 78.3 Å². The Hall–Kier alpha value is -1.99. The van der Waals surface area contributed by atoms with Gasteiger partial charge in [0, 0.05) is 56.1 Å². The summed E-state index contributed by atoms with van der Waals surface area (Å²) in [5.41, 5.74) is 5.34. The molecule has 222 valence electrons. The molecule has 0 spiro atoms. The van der Waals surface area contributed by atoms with Crippen LogP contribution in [-0.4, -0.2) is 42.1 Å². The number of aromatic amines is 1. The highest BCUT2D eigenvalue weighted by Crippen LogP contribution is 2.18. The second kappa shape index (κ2) is 18.5. The Morgan fingerprint density at radius 1 is 0.902 bits per heavy atom. The van der Waals surface area contributed by atoms with Crippen molar-refractivity contribution in [1.29, 1.82) is 0 Å². The lowest BCUT2D eigenvalue weighted by Gasteiger charge is -2.01. The first-order valence-corrected chi connectivity index (χ1v) is 14.5. The minimum Gasteiger partial charge on any atom is -1.00 e. The number of aliphatic hydroxyl groups is 2. The molecule has 0 saturated carbocycles. The third-order valence-electron chi connectivity index (χ3n) is 6.04. The molecule has 3 N–H and O–H groups in total. The molecule has 4 aromatic rings. The molecule has 0 fully saturated rings. The summed E-state index contributed by atoms with van der Waals surface area (Å²) < 4.78 is 7.01. The number of nitrogens with one attached hydrogen (secondary N) is 1. The zero-order valence-corrected chi connectivity index (χ0v) is 28.5. The van der Waals surface area contributed by atoms with Gasteiger partial charge in [0.25, 0.3) is 0 Å². The number of carbonyl (C=O) groups is 2. The molecular weight excluding hydrogens is 716 g/mol. The zero-order chi connectivity index (χ0) is 28.4. The van der Waals surface area contributed by atoms with Gasteiger partial charge in [-0.2, -0.15) is 4.57 Å². The third kappa shape index (κ3) is 11.0. The van der Waals surface area contributed by atoms with Crippen LogP contribution in [0.4, 0.5) is 0 Å². The first kappa shape index (κ1) is 37.0. The quantitative estimate of drug-likeness (QED) is 0.140. The maximum Gasteiger partial charge on any atom is 0.243 e.